The second-order valence-electron chi connectivity index (χ2n) is 4.78. The summed E-state index contributed by atoms with van der Waals surface area (Å²) in [4.78, 5) is 4.08. The predicted octanol–water partition coefficient (Wildman–Crippen LogP) is 2.96. The predicted molar refractivity (Wildman–Crippen MR) is 93.9 cm³/mol. The maximum atomic E-state index is 14.1. The van der Waals surface area contributed by atoms with E-state index >= 15 is 0 Å². The first-order valence-corrected chi connectivity index (χ1v) is 8.61. The van der Waals surface area contributed by atoms with Gasteiger partial charge in [0.05, 0.1) is 17.4 Å². The van der Waals surface area contributed by atoms with Crippen LogP contribution in [0.25, 0.3) is 5.70 Å². The zero-order valence-corrected chi connectivity index (χ0v) is 14.6. The lowest BCUT2D eigenvalue weighted by Gasteiger charge is -2.16. The molecule has 0 bridgehead atoms. The van der Waals surface area contributed by atoms with Crippen LogP contribution in [0.3, 0.4) is 0 Å². The molecule has 4 N–H and O–H groups in total. The normalized spacial score (nSPS) is 19.0. The number of amidine groups is 2. The van der Waals surface area contributed by atoms with E-state index in [2.05, 4.69) is 11.7 Å². The average molecular weight is 417 g/mol. The van der Waals surface area contributed by atoms with Gasteiger partial charge in [0, 0.05) is 12.6 Å². The molecule has 1 aliphatic heterocycles. The first-order valence-electron chi connectivity index (χ1n) is 6.56. The Morgan fingerprint density at radius 2 is 2.23 bits per heavy atom. The van der Waals surface area contributed by atoms with E-state index in [-0.39, 0.29) is 23.4 Å². The molecule has 0 saturated heterocycles. The van der Waals surface area contributed by atoms with Crippen LogP contribution < -0.4 is 14.0 Å². The van der Waals surface area contributed by atoms with Crippen LogP contribution in [0, 0.1) is 11.2 Å². The van der Waals surface area contributed by atoms with E-state index < -0.39 is 27.1 Å². The Morgan fingerprint density at radius 1 is 1.50 bits per heavy atom. The zero-order chi connectivity index (χ0) is 16.3. The summed E-state index contributed by atoms with van der Waals surface area (Å²) in [6.45, 7) is 3.65. The number of halogens is 2. The summed E-state index contributed by atoms with van der Waals surface area (Å²) in [6.07, 6.45) is -0.117. The van der Waals surface area contributed by atoms with Gasteiger partial charge < -0.3 is 14.0 Å². The lowest BCUT2D eigenvalue weighted by atomic mass is 10.0. The van der Waals surface area contributed by atoms with Crippen molar-refractivity contribution < 1.29 is 9.13 Å². The Labute approximate surface area is 138 Å². The molecule has 1 heterocycles. The summed E-state index contributed by atoms with van der Waals surface area (Å²) >= 11 is -0.681. The zero-order valence-electron chi connectivity index (χ0n) is 12.4. The Balaban J connectivity index is 2.46. The number of hydrogen-bond acceptors (Lipinski definition) is 4. The van der Waals surface area contributed by atoms with Crippen LogP contribution in [0.1, 0.15) is 19.4 Å². The molecule has 1 aromatic rings. The third-order valence-corrected chi connectivity index (χ3v) is 4.31. The summed E-state index contributed by atoms with van der Waals surface area (Å²) in [7, 11) is 1.61. The fourth-order valence-electron chi connectivity index (χ4n) is 1.88. The third kappa shape index (κ3) is 3.49. The number of nitrogens with zero attached hydrogens (tertiary/aromatic N) is 2. The summed E-state index contributed by atoms with van der Waals surface area (Å²) in [5.41, 5.74) is 7.23. The van der Waals surface area contributed by atoms with Crippen LogP contribution in [0.4, 0.5) is 4.39 Å². The van der Waals surface area contributed by atoms with Crippen LogP contribution in [-0.2, 0) is 0 Å². The Kier molecular flexibility index (Phi) is 5.22. The second-order valence-corrected chi connectivity index (χ2v) is 6.29. The standard InChI is InChI=1S/C14H17FIN5O/c1-7(2)22-10-5-4-8(6-9(10)15)12(17)11-13(18)20-16-21-14(11)19-3/h4-7H,17H2,1-3H3,(H2,18,19,20,21). The quantitative estimate of drug-likeness (QED) is 0.521. The maximum Gasteiger partial charge on any atom is 0.165 e. The monoisotopic (exact) mass is 417 g/mol. The van der Waals surface area contributed by atoms with Gasteiger partial charge in [-0.2, -0.15) is 3.15 Å². The number of nitrogens with two attached hydrogens (primary N) is 1. The van der Waals surface area contributed by atoms with Crippen LogP contribution in [-0.4, -0.2) is 24.8 Å². The number of ether oxygens (including phenoxy) is 1. The Hall–Kier alpha value is -1.84. The molecule has 1 aliphatic rings. The van der Waals surface area contributed by atoms with E-state index in [0.717, 1.165) is 0 Å². The number of aliphatic imine (C=N–C) groups is 1. The largest absolute Gasteiger partial charge is 0.488 e. The first-order chi connectivity index (χ1) is 10.4. The molecule has 8 heteroatoms. The fraction of sp³-hybridized carbons (Fsp3) is 0.286. The summed E-state index contributed by atoms with van der Waals surface area (Å²) < 4.78 is 26.6. The highest BCUT2D eigenvalue weighted by atomic mass is 127. The lowest BCUT2D eigenvalue weighted by molar-refractivity contribution is 0.231. The van der Waals surface area contributed by atoms with Gasteiger partial charge in [0.15, 0.2) is 17.4 Å². The van der Waals surface area contributed by atoms with Crippen molar-refractivity contribution in [1.82, 2.24) is 3.53 Å². The van der Waals surface area contributed by atoms with E-state index in [1.54, 1.807) is 13.1 Å². The van der Waals surface area contributed by atoms with Gasteiger partial charge in [0.2, 0.25) is 0 Å². The van der Waals surface area contributed by atoms with Crippen molar-refractivity contribution in [2.45, 2.75) is 20.0 Å². The number of benzene rings is 1. The number of nitrogens with one attached hydrogen (secondary N) is 2. The maximum absolute atomic E-state index is 14.1. The molecule has 1 aromatic carbocycles. The van der Waals surface area contributed by atoms with Crippen molar-refractivity contribution in [3.05, 3.63) is 35.2 Å². The molecule has 0 saturated carbocycles. The van der Waals surface area contributed by atoms with E-state index in [1.807, 2.05) is 13.8 Å². The third-order valence-electron chi connectivity index (χ3n) is 2.83. The molecule has 0 amide bonds. The highest BCUT2D eigenvalue weighted by molar-refractivity contribution is 14.1. The number of rotatable bonds is 3. The van der Waals surface area contributed by atoms with E-state index in [1.165, 1.54) is 12.1 Å². The molecule has 0 aliphatic carbocycles. The van der Waals surface area contributed by atoms with Gasteiger partial charge in [-0.3, -0.25) is 10.4 Å². The average Bonchev–Trinajstić information content (AvgIpc) is 2.48. The van der Waals surface area contributed by atoms with Gasteiger partial charge >= 0.3 is 0 Å². The minimum absolute atomic E-state index is 0.0764. The molecule has 22 heavy (non-hydrogen) atoms. The number of hydrogen-bond donors (Lipinski definition) is 3. The van der Waals surface area contributed by atoms with Crippen LogP contribution in [0.15, 0.2) is 31.9 Å². The van der Waals surface area contributed by atoms with Gasteiger partial charge in [-0.05, 0) is 32.0 Å². The minimum Gasteiger partial charge on any atom is -0.488 e. The second kappa shape index (κ2) is 6.95. The molecule has 0 spiro atoms. The molecule has 0 fully saturated rings. The summed E-state index contributed by atoms with van der Waals surface area (Å²) in [5.74, 6) is 0.276. The van der Waals surface area contributed by atoms with Crippen LogP contribution >= 0.6 is 21.3 Å². The smallest absolute Gasteiger partial charge is 0.165 e. The minimum atomic E-state index is -0.681. The molecule has 0 atom stereocenters. The lowest BCUT2D eigenvalue weighted by Crippen LogP contribution is -2.27. The topological polar surface area (TPSA) is 95.9 Å². The molecule has 2 rings (SSSR count). The van der Waals surface area contributed by atoms with Gasteiger partial charge in [-0.1, -0.05) is 0 Å². The summed E-state index contributed by atoms with van der Waals surface area (Å²) in [6, 6.07) is 4.49. The molecule has 0 unspecified atom stereocenters. The molecule has 6 nitrogen and oxygen atoms in total. The van der Waals surface area contributed by atoms with Gasteiger partial charge in [0.25, 0.3) is 0 Å². The highest BCUT2D eigenvalue weighted by Crippen LogP contribution is 2.25. The molecular weight excluding hydrogens is 400 g/mol. The van der Waals surface area contributed by atoms with Crippen LogP contribution in [0.5, 0.6) is 5.75 Å². The van der Waals surface area contributed by atoms with Gasteiger partial charge in [0.1, 0.15) is 27.1 Å². The van der Waals surface area contributed by atoms with E-state index in [4.69, 9.17) is 15.9 Å². The van der Waals surface area contributed by atoms with Crippen molar-refractivity contribution in [2.75, 3.05) is 7.05 Å². The van der Waals surface area contributed by atoms with E-state index in [0.29, 0.717) is 17.0 Å². The molecule has 0 radical (unpaired) electrons. The highest BCUT2D eigenvalue weighted by Gasteiger charge is 2.21. The van der Waals surface area contributed by atoms with Crippen LogP contribution in [0.2, 0.25) is 0 Å². The summed E-state index contributed by atoms with van der Waals surface area (Å²) in [5, 5.41) is 7.93. The van der Waals surface area contributed by atoms with Gasteiger partial charge in [-0.25, -0.2) is 4.39 Å². The molecular formula is C14H17FIN5O. The Morgan fingerprint density at radius 3 is 2.82 bits per heavy atom. The van der Waals surface area contributed by atoms with Gasteiger partial charge in [-0.15, -0.1) is 0 Å². The SMILES string of the molecule is CN=C1NI=NC(=N)C1=C(N)c1ccc(OC(C)C)c(F)c1. The molecule has 118 valence electrons. The van der Waals surface area contributed by atoms with Crippen molar-refractivity contribution in [2.24, 2.45) is 13.9 Å². The van der Waals surface area contributed by atoms with Crippen molar-refractivity contribution in [1.29, 1.82) is 5.41 Å². The molecule has 0 aromatic heterocycles. The van der Waals surface area contributed by atoms with E-state index in [9.17, 15) is 4.39 Å². The first kappa shape index (κ1) is 16.5. The Bertz CT molecular complexity index is 696. The van der Waals surface area contributed by atoms with Crippen molar-refractivity contribution in [3.63, 3.8) is 0 Å². The fourth-order valence-corrected chi connectivity index (χ4v) is 3.22. The van der Waals surface area contributed by atoms with Crippen molar-refractivity contribution in [3.8, 4) is 5.75 Å². The van der Waals surface area contributed by atoms with Crippen molar-refractivity contribution >= 4 is 38.7 Å².